The monoisotopic (exact) mass is 368 g/mol. The molecule has 4 N–H and O–H groups in total. The lowest BCUT2D eigenvalue weighted by atomic mass is 10.1. The number of anilines is 2. The van der Waals surface area contributed by atoms with Crippen LogP contribution in [0.5, 0.6) is 5.75 Å². The number of benzene rings is 2. The number of nitrogen functional groups attached to an aromatic ring is 1. The molecule has 1 atom stereocenters. The first-order valence-electron chi connectivity index (χ1n) is 9.36. The number of ether oxygens (including phenoxy) is 1. The lowest BCUT2D eigenvalue weighted by molar-refractivity contribution is 0.298. The first-order valence-corrected chi connectivity index (χ1v) is 9.36. The summed E-state index contributed by atoms with van der Waals surface area (Å²) in [5.41, 5.74) is 13.1. The summed E-state index contributed by atoms with van der Waals surface area (Å²) in [7, 11) is 1.79. The number of hydrogen-bond acceptors (Lipinski definition) is 6. The maximum atomic E-state index is 6.22. The molecule has 1 unspecified atom stereocenters. The minimum atomic E-state index is -0.277. The highest BCUT2D eigenvalue weighted by atomic mass is 16.5. The van der Waals surface area contributed by atoms with Gasteiger partial charge in [0.2, 0.25) is 5.95 Å². The molecule has 0 fully saturated rings. The number of fused-ring (bicyclic) bond motifs is 1. The number of nitrogens with two attached hydrogens (primary N) is 2. The van der Waals surface area contributed by atoms with E-state index in [1.807, 2.05) is 12.1 Å². The van der Waals surface area contributed by atoms with Crippen molar-refractivity contribution in [2.24, 2.45) is 12.8 Å². The van der Waals surface area contributed by atoms with Crippen molar-refractivity contribution < 1.29 is 4.74 Å². The Hall–Kier alpha value is -2.80. The average Bonchev–Trinajstić information content (AvgIpc) is 3.01. The summed E-state index contributed by atoms with van der Waals surface area (Å²) in [6.45, 7) is 6.77. The molecule has 0 bridgehead atoms. The zero-order valence-electron chi connectivity index (χ0n) is 16.2. The molecule has 27 heavy (non-hydrogen) atoms. The largest absolute Gasteiger partial charge is 0.493 e. The van der Waals surface area contributed by atoms with Crippen LogP contribution < -0.4 is 21.1 Å². The van der Waals surface area contributed by atoms with Crippen molar-refractivity contribution in [3.8, 4) is 5.75 Å². The van der Waals surface area contributed by atoms with Gasteiger partial charge in [-0.25, -0.2) is 4.68 Å². The molecule has 0 aliphatic rings. The van der Waals surface area contributed by atoms with Gasteiger partial charge in [0.15, 0.2) is 0 Å². The van der Waals surface area contributed by atoms with E-state index in [2.05, 4.69) is 53.1 Å². The number of aryl methyl sites for hydroxylation is 1. The number of rotatable bonds is 8. The van der Waals surface area contributed by atoms with Crippen molar-refractivity contribution in [1.82, 2.24) is 14.8 Å². The van der Waals surface area contributed by atoms with Crippen LogP contribution in [-0.4, -0.2) is 34.5 Å². The molecular weight excluding hydrogens is 340 g/mol. The summed E-state index contributed by atoms with van der Waals surface area (Å²) in [4.78, 5) is 6.53. The Bertz CT molecular complexity index is 903. The van der Waals surface area contributed by atoms with Crippen molar-refractivity contribution >= 4 is 22.4 Å². The van der Waals surface area contributed by atoms with E-state index < -0.39 is 0 Å². The smallest absolute Gasteiger partial charge is 0.239 e. The van der Waals surface area contributed by atoms with Crippen LogP contribution in [-0.2, 0) is 7.05 Å². The van der Waals surface area contributed by atoms with Crippen LogP contribution in [0.2, 0.25) is 0 Å². The molecule has 0 radical (unpaired) electrons. The maximum Gasteiger partial charge on any atom is 0.239 e. The Morgan fingerprint density at radius 2 is 1.81 bits per heavy atom. The molecule has 0 saturated heterocycles. The summed E-state index contributed by atoms with van der Waals surface area (Å²) in [6.07, 6.45) is 0.623. The van der Waals surface area contributed by atoms with Gasteiger partial charge in [0.1, 0.15) is 11.6 Å². The van der Waals surface area contributed by atoms with Gasteiger partial charge in [0.25, 0.3) is 0 Å². The lowest BCUT2D eigenvalue weighted by Crippen LogP contribution is -2.22. The molecule has 0 spiro atoms. The summed E-state index contributed by atoms with van der Waals surface area (Å²) in [5, 5.41) is 6.35. The first kappa shape index (κ1) is 19.0. The number of aromatic nitrogens is 3. The van der Waals surface area contributed by atoms with Crippen molar-refractivity contribution in [3.05, 3.63) is 42.2 Å². The highest BCUT2D eigenvalue weighted by Gasteiger charge is 2.15. The minimum Gasteiger partial charge on any atom is -0.493 e. The van der Waals surface area contributed by atoms with E-state index in [0.29, 0.717) is 18.9 Å². The van der Waals surface area contributed by atoms with Crippen LogP contribution in [0, 0.1) is 0 Å². The molecular formula is C20H28N6O. The third kappa shape index (κ3) is 3.98. The van der Waals surface area contributed by atoms with Gasteiger partial charge in [-0.1, -0.05) is 24.3 Å². The standard InChI is InChI=1S/C20H28N6O/c1-4-26(5-2)17-10-6-9-15-14(17)8-7-11-18(15)27-13-12-16(21)19-23-20(22)24-25(19)3/h6-11,16H,4-5,12-13,21H2,1-3H3,(H2,22,24). The highest BCUT2D eigenvalue weighted by molar-refractivity contribution is 5.98. The van der Waals surface area contributed by atoms with Gasteiger partial charge in [-0.2, -0.15) is 4.98 Å². The fourth-order valence-electron chi connectivity index (χ4n) is 3.40. The normalized spacial score (nSPS) is 12.3. The van der Waals surface area contributed by atoms with Crippen molar-refractivity contribution in [2.45, 2.75) is 26.3 Å². The van der Waals surface area contributed by atoms with Gasteiger partial charge < -0.3 is 21.1 Å². The molecule has 0 aliphatic heterocycles. The molecule has 7 nitrogen and oxygen atoms in total. The predicted molar refractivity (Wildman–Crippen MR) is 110 cm³/mol. The predicted octanol–water partition coefficient (Wildman–Crippen LogP) is 2.87. The Morgan fingerprint density at radius 1 is 1.11 bits per heavy atom. The Balaban J connectivity index is 1.75. The Labute approximate surface area is 159 Å². The third-order valence-corrected chi connectivity index (χ3v) is 4.79. The van der Waals surface area contributed by atoms with Gasteiger partial charge >= 0.3 is 0 Å². The van der Waals surface area contributed by atoms with Gasteiger partial charge in [0, 0.05) is 43.0 Å². The molecule has 3 rings (SSSR count). The molecule has 2 aromatic carbocycles. The van der Waals surface area contributed by atoms with E-state index in [1.165, 1.54) is 11.1 Å². The third-order valence-electron chi connectivity index (χ3n) is 4.79. The molecule has 0 amide bonds. The summed E-state index contributed by atoms with van der Waals surface area (Å²) in [6, 6.07) is 12.2. The Morgan fingerprint density at radius 3 is 2.48 bits per heavy atom. The molecule has 0 aliphatic carbocycles. The second-order valence-electron chi connectivity index (χ2n) is 6.50. The summed E-state index contributed by atoms with van der Waals surface area (Å²) in [5.74, 6) is 1.77. The molecule has 144 valence electrons. The quantitative estimate of drug-likeness (QED) is 0.635. The molecule has 1 aromatic heterocycles. The highest BCUT2D eigenvalue weighted by Crippen LogP contribution is 2.33. The fourth-order valence-corrected chi connectivity index (χ4v) is 3.40. The van der Waals surface area contributed by atoms with Crippen molar-refractivity contribution in [2.75, 3.05) is 30.3 Å². The number of hydrogen-bond donors (Lipinski definition) is 2. The average molecular weight is 368 g/mol. The van der Waals surface area contributed by atoms with E-state index in [0.717, 1.165) is 24.2 Å². The van der Waals surface area contributed by atoms with Gasteiger partial charge in [-0.05, 0) is 26.0 Å². The van der Waals surface area contributed by atoms with Crippen molar-refractivity contribution in [1.29, 1.82) is 0 Å². The SMILES string of the molecule is CCN(CC)c1cccc2c(OCCC(N)c3nc(N)nn3C)cccc12. The summed E-state index contributed by atoms with van der Waals surface area (Å²) >= 11 is 0. The topological polar surface area (TPSA) is 95.2 Å². The van der Waals surface area contributed by atoms with E-state index in [4.69, 9.17) is 16.2 Å². The van der Waals surface area contributed by atoms with Crippen LogP contribution in [0.15, 0.2) is 36.4 Å². The molecule has 7 heteroatoms. The van der Waals surface area contributed by atoms with Crippen LogP contribution in [0.3, 0.4) is 0 Å². The molecule has 0 saturated carbocycles. The van der Waals surface area contributed by atoms with Crippen LogP contribution in [0.1, 0.15) is 32.1 Å². The zero-order chi connectivity index (χ0) is 19.4. The maximum absolute atomic E-state index is 6.22. The van der Waals surface area contributed by atoms with Crippen LogP contribution in [0.4, 0.5) is 11.6 Å². The first-order chi connectivity index (χ1) is 13.0. The van der Waals surface area contributed by atoms with E-state index >= 15 is 0 Å². The van der Waals surface area contributed by atoms with Crippen LogP contribution >= 0.6 is 0 Å². The molecule has 1 heterocycles. The van der Waals surface area contributed by atoms with E-state index in [1.54, 1.807) is 11.7 Å². The van der Waals surface area contributed by atoms with Crippen LogP contribution in [0.25, 0.3) is 10.8 Å². The molecule has 3 aromatic rings. The van der Waals surface area contributed by atoms with Gasteiger partial charge in [-0.3, -0.25) is 0 Å². The lowest BCUT2D eigenvalue weighted by Gasteiger charge is -2.23. The van der Waals surface area contributed by atoms with Gasteiger partial charge in [0.05, 0.1) is 12.6 Å². The zero-order valence-corrected chi connectivity index (χ0v) is 16.2. The summed E-state index contributed by atoms with van der Waals surface area (Å²) < 4.78 is 7.69. The van der Waals surface area contributed by atoms with E-state index in [-0.39, 0.29) is 12.0 Å². The number of nitrogens with zero attached hydrogens (tertiary/aromatic N) is 4. The second-order valence-corrected chi connectivity index (χ2v) is 6.50. The fraction of sp³-hybridized carbons (Fsp3) is 0.400. The van der Waals surface area contributed by atoms with Gasteiger partial charge in [-0.15, -0.1) is 5.10 Å². The van der Waals surface area contributed by atoms with Crippen molar-refractivity contribution in [3.63, 3.8) is 0 Å². The second kappa shape index (κ2) is 8.26. The minimum absolute atomic E-state index is 0.238. The Kier molecular flexibility index (Phi) is 5.81. The van der Waals surface area contributed by atoms with E-state index in [9.17, 15) is 0 Å².